The van der Waals surface area contributed by atoms with E-state index in [1.54, 1.807) is 6.07 Å². The molecule has 1 N–H and O–H groups in total. The van der Waals surface area contributed by atoms with E-state index in [9.17, 15) is 4.39 Å². The first kappa shape index (κ1) is 13.3. The van der Waals surface area contributed by atoms with Gasteiger partial charge in [0, 0.05) is 30.3 Å². The minimum Gasteiger partial charge on any atom is -0.316 e. The SMILES string of the molecule is Fc1ccccc1Cc1cccc([C@@H]2CCCNC2)n1. The van der Waals surface area contributed by atoms with Crippen LogP contribution in [0.2, 0.25) is 0 Å². The van der Waals surface area contributed by atoms with Crippen molar-refractivity contribution >= 4 is 0 Å². The van der Waals surface area contributed by atoms with Crippen LogP contribution in [0.4, 0.5) is 4.39 Å². The monoisotopic (exact) mass is 270 g/mol. The van der Waals surface area contributed by atoms with Gasteiger partial charge in [-0.05, 0) is 43.1 Å². The second kappa shape index (κ2) is 6.14. The molecule has 1 aromatic heterocycles. The summed E-state index contributed by atoms with van der Waals surface area (Å²) in [5.41, 5.74) is 2.78. The first-order valence-corrected chi connectivity index (χ1v) is 7.23. The van der Waals surface area contributed by atoms with Crippen LogP contribution in [0.3, 0.4) is 0 Å². The fourth-order valence-corrected chi connectivity index (χ4v) is 2.77. The molecule has 0 bridgehead atoms. The van der Waals surface area contributed by atoms with E-state index in [2.05, 4.69) is 11.4 Å². The first-order chi connectivity index (χ1) is 9.83. The molecule has 1 aliphatic heterocycles. The van der Waals surface area contributed by atoms with Crippen LogP contribution in [-0.4, -0.2) is 18.1 Å². The Balaban J connectivity index is 1.79. The zero-order valence-electron chi connectivity index (χ0n) is 11.5. The fourth-order valence-electron chi connectivity index (χ4n) is 2.77. The zero-order valence-corrected chi connectivity index (χ0v) is 11.5. The summed E-state index contributed by atoms with van der Waals surface area (Å²) in [6, 6.07) is 13.0. The summed E-state index contributed by atoms with van der Waals surface area (Å²) >= 11 is 0. The summed E-state index contributed by atoms with van der Waals surface area (Å²) in [4.78, 5) is 4.73. The van der Waals surface area contributed by atoms with Crippen LogP contribution in [0.5, 0.6) is 0 Å². The molecule has 1 aliphatic rings. The van der Waals surface area contributed by atoms with Gasteiger partial charge in [-0.2, -0.15) is 0 Å². The van der Waals surface area contributed by atoms with Gasteiger partial charge in [0.1, 0.15) is 5.82 Å². The molecular formula is C17H19FN2. The molecule has 2 aromatic rings. The van der Waals surface area contributed by atoms with Crippen molar-refractivity contribution in [1.29, 1.82) is 0 Å². The smallest absolute Gasteiger partial charge is 0.126 e. The molecule has 3 heteroatoms. The number of nitrogens with one attached hydrogen (secondary N) is 1. The Morgan fingerprint density at radius 2 is 2.05 bits per heavy atom. The van der Waals surface area contributed by atoms with E-state index >= 15 is 0 Å². The number of piperidine rings is 1. The number of rotatable bonds is 3. The lowest BCUT2D eigenvalue weighted by molar-refractivity contribution is 0.454. The lowest BCUT2D eigenvalue weighted by atomic mass is 9.95. The van der Waals surface area contributed by atoms with Crippen LogP contribution in [0.25, 0.3) is 0 Å². The predicted octanol–water partition coefficient (Wildman–Crippen LogP) is 3.28. The third kappa shape index (κ3) is 3.05. The second-order valence-corrected chi connectivity index (χ2v) is 5.37. The van der Waals surface area contributed by atoms with E-state index in [0.29, 0.717) is 17.9 Å². The summed E-state index contributed by atoms with van der Waals surface area (Å²) in [7, 11) is 0. The van der Waals surface area contributed by atoms with Crippen LogP contribution >= 0.6 is 0 Å². The van der Waals surface area contributed by atoms with Crippen molar-refractivity contribution in [2.24, 2.45) is 0 Å². The minimum absolute atomic E-state index is 0.154. The normalized spacial score (nSPS) is 18.9. The van der Waals surface area contributed by atoms with E-state index in [4.69, 9.17) is 4.98 Å². The molecule has 0 radical (unpaired) electrons. The van der Waals surface area contributed by atoms with Crippen molar-refractivity contribution in [2.75, 3.05) is 13.1 Å². The molecule has 2 heterocycles. The van der Waals surface area contributed by atoms with Crippen LogP contribution in [0.1, 0.15) is 35.7 Å². The summed E-state index contributed by atoms with van der Waals surface area (Å²) in [5.74, 6) is 0.336. The molecule has 0 aliphatic carbocycles. The third-order valence-corrected chi connectivity index (χ3v) is 3.87. The van der Waals surface area contributed by atoms with Crippen LogP contribution in [-0.2, 0) is 6.42 Å². The Morgan fingerprint density at radius 1 is 1.15 bits per heavy atom. The van der Waals surface area contributed by atoms with Gasteiger partial charge in [-0.3, -0.25) is 4.98 Å². The van der Waals surface area contributed by atoms with E-state index in [1.165, 1.54) is 18.9 Å². The largest absolute Gasteiger partial charge is 0.316 e. The lowest BCUT2D eigenvalue weighted by Gasteiger charge is -2.22. The molecule has 20 heavy (non-hydrogen) atoms. The molecule has 0 amide bonds. The van der Waals surface area contributed by atoms with Crippen LogP contribution in [0, 0.1) is 5.82 Å². The van der Waals surface area contributed by atoms with Gasteiger partial charge in [0.05, 0.1) is 0 Å². The predicted molar refractivity (Wildman–Crippen MR) is 78.3 cm³/mol. The van der Waals surface area contributed by atoms with Crippen LogP contribution in [0.15, 0.2) is 42.5 Å². The Labute approximate surface area is 119 Å². The van der Waals surface area contributed by atoms with Gasteiger partial charge in [-0.15, -0.1) is 0 Å². The molecule has 1 aromatic carbocycles. The second-order valence-electron chi connectivity index (χ2n) is 5.37. The van der Waals surface area contributed by atoms with E-state index < -0.39 is 0 Å². The molecule has 0 saturated carbocycles. The van der Waals surface area contributed by atoms with Gasteiger partial charge in [0.2, 0.25) is 0 Å². The van der Waals surface area contributed by atoms with Crippen molar-refractivity contribution < 1.29 is 4.39 Å². The van der Waals surface area contributed by atoms with Gasteiger partial charge >= 0.3 is 0 Å². The first-order valence-electron chi connectivity index (χ1n) is 7.23. The van der Waals surface area contributed by atoms with E-state index in [-0.39, 0.29) is 5.82 Å². The van der Waals surface area contributed by atoms with Crippen molar-refractivity contribution in [2.45, 2.75) is 25.2 Å². The number of hydrogen-bond acceptors (Lipinski definition) is 2. The average molecular weight is 270 g/mol. The van der Waals surface area contributed by atoms with Gasteiger partial charge in [0.25, 0.3) is 0 Å². The number of pyridine rings is 1. The van der Waals surface area contributed by atoms with Crippen LogP contribution < -0.4 is 5.32 Å². The minimum atomic E-state index is -0.154. The maximum atomic E-state index is 13.7. The summed E-state index contributed by atoms with van der Waals surface area (Å²) < 4.78 is 13.7. The van der Waals surface area contributed by atoms with Gasteiger partial charge in [0.15, 0.2) is 0 Å². The molecule has 2 nitrogen and oxygen atoms in total. The number of aromatic nitrogens is 1. The number of hydrogen-bond donors (Lipinski definition) is 1. The molecule has 1 fully saturated rings. The molecule has 0 unspecified atom stereocenters. The molecule has 0 spiro atoms. The summed E-state index contributed by atoms with van der Waals surface area (Å²) in [6.45, 7) is 2.10. The standard InChI is InChI=1S/C17H19FN2/c18-16-8-2-1-5-13(16)11-15-7-3-9-17(20-15)14-6-4-10-19-12-14/h1-3,5,7-9,14,19H,4,6,10-12H2/t14-/m1/s1. The maximum absolute atomic E-state index is 13.7. The average Bonchev–Trinajstić information content (AvgIpc) is 2.51. The highest BCUT2D eigenvalue weighted by molar-refractivity contribution is 5.25. The van der Waals surface area contributed by atoms with Crippen molar-refractivity contribution in [3.05, 3.63) is 65.2 Å². The van der Waals surface area contributed by atoms with Crippen molar-refractivity contribution in [3.63, 3.8) is 0 Å². The number of halogens is 1. The summed E-state index contributed by atoms with van der Waals surface area (Å²) in [6.07, 6.45) is 2.94. The number of nitrogens with zero attached hydrogens (tertiary/aromatic N) is 1. The van der Waals surface area contributed by atoms with E-state index in [1.807, 2.05) is 24.3 Å². The Morgan fingerprint density at radius 3 is 2.85 bits per heavy atom. The summed E-state index contributed by atoms with van der Waals surface area (Å²) in [5, 5.41) is 3.41. The Hall–Kier alpha value is -1.74. The number of benzene rings is 1. The highest BCUT2D eigenvalue weighted by atomic mass is 19.1. The van der Waals surface area contributed by atoms with Gasteiger partial charge in [-0.1, -0.05) is 24.3 Å². The highest BCUT2D eigenvalue weighted by Gasteiger charge is 2.16. The quantitative estimate of drug-likeness (QED) is 0.926. The lowest BCUT2D eigenvalue weighted by Crippen LogP contribution is -2.28. The van der Waals surface area contributed by atoms with Crippen molar-refractivity contribution in [1.82, 2.24) is 10.3 Å². The van der Waals surface area contributed by atoms with Gasteiger partial charge in [-0.25, -0.2) is 4.39 Å². The molecule has 1 saturated heterocycles. The zero-order chi connectivity index (χ0) is 13.8. The highest BCUT2D eigenvalue weighted by Crippen LogP contribution is 2.22. The molecular weight excluding hydrogens is 251 g/mol. The van der Waals surface area contributed by atoms with E-state index in [0.717, 1.165) is 24.5 Å². The third-order valence-electron chi connectivity index (χ3n) is 3.87. The molecule has 104 valence electrons. The Kier molecular flexibility index (Phi) is 4.07. The van der Waals surface area contributed by atoms with Gasteiger partial charge < -0.3 is 5.32 Å². The topological polar surface area (TPSA) is 24.9 Å². The molecule has 1 atom stereocenters. The van der Waals surface area contributed by atoms with Crippen molar-refractivity contribution in [3.8, 4) is 0 Å². The Bertz CT molecular complexity index is 577. The fraction of sp³-hybridized carbons (Fsp3) is 0.353. The maximum Gasteiger partial charge on any atom is 0.126 e. The molecule has 3 rings (SSSR count).